The van der Waals surface area contributed by atoms with E-state index < -0.39 is 27.9 Å². The Balaban J connectivity index is 1.45. The maximum atomic E-state index is 14.0. The lowest BCUT2D eigenvalue weighted by molar-refractivity contribution is -0.141. The number of hydrogen-bond donors (Lipinski definition) is 1. The summed E-state index contributed by atoms with van der Waals surface area (Å²) in [6, 6.07) is 19.4. The van der Waals surface area contributed by atoms with Gasteiger partial charge in [-0.2, -0.15) is 0 Å². The molecule has 0 spiro atoms. The van der Waals surface area contributed by atoms with E-state index in [2.05, 4.69) is 5.32 Å². The first-order chi connectivity index (χ1) is 20.1. The van der Waals surface area contributed by atoms with Crippen molar-refractivity contribution in [2.75, 3.05) is 6.54 Å². The molecule has 3 aromatic rings. The van der Waals surface area contributed by atoms with Gasteiger partial charge in [0.15, 0.2) is 0 Å². The standard InChI is InChI=1S/C31H31Cl2N3O5S/c32-23-15-14-22(26(33)19-23)20-35(27(18-21-8-2-1-3-9-21)30(38)34-24-10-4-5-11-24)29(37)16-17-36-31(39)25-12-6-7-13-28(25)42(36,40)41/h1-3,6-9,12-15,19,24,27H,4-5,10-11,16-18,20H2,(H,34,38). The third-order valence-electron chi connectivity index (χ3n) is 7.77. The molecule has 5 rings (SSSR count). The molecular weight excluding hydrogens is 597 g/mol. The van der Waals surface area contributed by atoms with E-state index in [1.54, 1.807) is 30.3 Å². The topological polar surface area (TPSA) is 104 Å². The molecule has 1 N–H and O–H groups in total. The zero-order valence-corrected chi connectivity index (χ0v) is 25.2. The molecule has 220 valence electrons. The zero-order chi connectivity index (χ0) is 29.9. The van der Waals surface area contributed by atoms with Crippen LogP contribution in [-0.2, 0) is 32.6 Å². The number of carbonyl (C=O) groups is 3. The zero-order valence-electron chi connectivity index (χ0n) is 22.8. The quantitative estimate of drug-likeness (QED) is 0.332. The average molecular weight is 629 g/mol. The molecule has 2 aliphatic rings. The van der Waals surface area contributed by atoms with Gasteiger partial charge in [-0.25, -0.2) is 12.7 Å². The first kappa shape index (κ1) is 30.1. The minimum Gasteiger partial charge on any atom is -0.352 e. The van der Waals surface area contributed by atoms with E-state index in [1.807, 2.05) is 30.3 Å². The largest absolute Gasteiger partial charge is 0.352 e. The molecule has 1 aliphatic heterocycles. The van der Waals surface area contributed by atoms with Crippen molar-refractivity contribution in [2.45, 2.75) is 62.0 Å². The Labute approximate surface area is 255 Å². The molecule has 1 atom stereocenters. The number of hydrogen-bond acceptors (Lipinski definition) is 5. The van der Waals surface area contributed by atoms with Gasteiger partial charge in [0.05, 0.1) is 5.56 Å². The summed E-state index contributed by atoms with van der Waals surface area (Å²) in [6.07, 6.45) is 3.72. The Bertz CT molecular complexity index is 1590. The Morgan fingerprint density at radius 3 is 2.36 bits per heavy atom. The second kappa shape index (κ2) is 12.9. The Hall–Kier alpha value is -3.40. The number of fused-ring (bicyclic) bond motifs is 1. The lowest BCUT2D eigenvalue weighted by Gasteiger charge is -2.33. The highest BCUT2D eigenvalue weighted by molar-refractivity contribution is 7.90. The lowest BCUT2D eigenvalue weighted by atomic mass is 10.0. The van der Waals surface area contributed by atoms with E-state index in [0.29, 0.717) is 15.6 Å². The van der Waals surface area contributed by atoms with Crippen LogP contribution in [-0.4, -0.2) is 54.0 Å². The van der Waals surface area contributed by atoms with E-state index in [0.717, 1.165) is 35.6 Å². The van der Waals surface area contributed by atoms with Gasteiger partial charge >= 0.3 is 0 Å². The third kappa shape index (κ3) is 6.48. The van der Waals surface area contributed by atoms with Gasteiger partial charge in [-0.1, -0.05) is 84.6 Å². The second-order valence-corrected chi connectivity index (χ2v) is 13.3. The average Bonchev–Trinajstić information content (AvgIpc) is 3.55. The van der Waals surface area contributed by atoms with Crippen LogP contribution in [0.1, 0.15) is 53.6 Å². The number of halogens is 2. The van der Waals surface area contributed by atoms with E-state index >= 15 is 0 Å². The molecular formula is C31H31Cl2N3O5S. The van der Waals surface area contributed by atoms with Crippen molar-refractivity contribution < 1.29 is 22.8 Å². The van der Waals surface area contributed by atoms with Crippen molar-refractivity contribution >= 4 is 50.9 Å². The van der Waals surface area contributed by atoms with Crippen LogP contribution in [0.5, 0.6) is 0 Å². The van der Waals surface area contributed by atoms with Gasteiger partial charge in [-0.15, -0.1) is 0 Å². The summed E-state index contributed by atoms with van der Waals surface area (Å²) in [5.74, 6) is -1.45. The number of rotatable bonds is 10. The molecule has 1 fully saturated rings. The summed E-state index contributed by atoms with van der Waals surface area (Å²) in [5, 5.41) is 3.89. The molecule has 0 bridgehead atoms. The van der Waals surface area contributed by atoms with Gasteiger partial charge in [0, 0.05) is 42.0 Å². The van der Waals surface area contributed by atoms with Crippen molar-refractivity contribution in [1.82, 2.24) is 14.5 Å². The molecule has 0 aromatic heterocycles. The lowest BCUT2D eigenvalue weighted by Crippen LogP contribution is -2.52. The van der Waals surface area contributed by atoms with Gasteiger partial charge in [-0.3, -0.25) is 14.4 Å². The smallest absolute Gasteiger partial charge is 0.269 e. The van der Waals surface area contributed by atoms with Crippen molar-refractivity contribution in [3.8, 4) is 0 Å². The number of carbonyl (C=O) groups excluding carboxylic acids is 3. The molecule has 3 aromatic carbocycles. The maximum Gasteiger partial charge on any atom is 0.269 e. The monoisotopic (exact) mass is 627 g/mol. The molecule has 1 saturated carbocycles. The molecule has 8 nitrogen and oxygen atoms in total. The van der Waals surface area contributed by atoms with Crippen LogP contribution in [0.25, 0.3) is 0 Å². The SMILES string of the molecule is O=C(NC1CCCC1)C(Cc1ccccc1)N(Cc1ccc(Cl)cc1Cl)C(=O)CCN1C(=O)c2ccccc2S1(=O)=O. The van der Waals surface area contributed by atoms with Crippen LogP contribution in [0.3, 0.4) is 0 Å². The molecule has 11 heteroatoms. The molecule has 0 radical (unpaired) electrons. The van der Waals surface area contributed by atoms with Crippen LogP contribution in [0.2, 0.25) is 10.0 Å². The van der Waals surface area contributed by atoms with Crippen molar-refractivity contribution in [3.05, 3.63) is 99.5 Å². The second-order valence-electron chi connectivity index (χ2n) is 10.6. The molecule has 1 heterocycles. The maximum absolute atomic E-state index is 14.0. The number of benzene rings is 3. The van der Waals surface area contributed by atoms with Crippen molar-refractivity contribution in [2.24, 2.45) is 0 Å². The third-order valence-corrected chi connectivity index (χ3v) is 10.2. The fraction of sp³-hybridized carbons (Fsp3) is 0.323. The van der Waals surface area contributed by atoms with Gasteiger partial charge in [0.1, 0.15) is 10.9 Å². The first-order valence-corrected chi connectivity index (χ1v) is 16.1. The van der Waals surface area contributed by atoms with Gasteiger partial charge in [-0.05, 0) is 48.2 Å². The van der Waals surface area contributed by atoms with Crippen LogP contribution >= 0.6 is 23.2 Å². The molecule has 1 unspecified atom stereocenters. The molecule has 1 aliphatic carbocycles. The summed E-state index contributed by atoms with van der Waals surface area (Å²) in [5.41, 5.74) is 1.52. The predicted molar refractivity (Wildman–Crippen MR) is 161 cm³/mol. The highest BCUT2D eigenvalue weighted by Crippen LogP contribution is 2.31. The summed E-state index contributed by atoms with van der Waals surface area (Å²) >= 11 is 12.6. The summed E-state index contributed by atoms with van der Waals surface area (Å²) in [6.45, 7) is -0.368. The Kier molecular flexibility index (Phi) is 9.20. The minimum absolute atomic E-state index is 0.00859. The van der Waals surface area contributed by atoms with Gasteiger partial charge in [0.2, 0.25) is 11.8 Å². The van der Waals surface area contributed by atoms with Gasteiger partial charge in [0.25, 0.3) is 15.9 Å². The van der Waals surface area contributed by atoms with Crippen LogP contribution in [0.15, 0.2) is 77.7 Å². The first-order valence-electron chi connectivity index (χ1n) is 13.9. The van der Waals surface area contributed by atoms with E-state index in [4.69, 9.17) is 23.2 Å². The number of amides is 3. The molecule has 3 amide bonds. The number of nitrogens with zero attached hydrogens (tertiary/aromatic N) is 2. The number of nitrogens with one attached hydrogen (secondary N) is 1. The highest BCUT2D eigenvalue weighted by Gasteiger charge is 2.41. The van der Waals surface area contributed by atoms with Crippen LogP contribution in [0.4, 0.5) is 0 Å². The number of sulfonamides is 1. The normalized spacial score (nSPS) is 16.7. The predicted octanol–water partition coefficient (Wildman–Crippen LogP) is 5.23. The Morgan fingerprint density at radius 2 is 1.67 bits per heavy atom. The van der Waals surface area contributed by atoms with Gasteiger partial charge < -0.3 is 10.2 Å². The van der Waals surface area contributed by atoms with Crippen molar-refractivity contribution in [1.29, 1.82) is 0 Å². The highest BCUT2D eigenvalue weighted by atomic mass is 35.5. The van der Waals surface area contributed by atoms with Crippen molar-refractivity contribution in [3.63, 3.8) is 0 Å². The van der Waals surface area contributed by atoms with Crippen LogP contribution < -0.4 is 5.32 Å². The van der Waals surface area contributed by atoms with E-state index in [1.165, 1.54) is 17.0 Å². The molecule has 42 heavy (non-hydrogen) atoms. The summed E-state index contributed by atoms with van der Waals surface area (Å²) < 4.78 is 26.9. The summed E-state index contributed by atoms with van der Waals surface area (Å²) in [4.78, 5) is 42.1. The fourth-order valence-corrected chi connectivity index (χ4v) is 7.59. The van der Waals surface area contributed by atoms with E-state index in [9.17, 15) is 22.8 Å². The molecule has 0 saturated heterocycles. The fourth-order valence-electron chi connectivity index (χ4n) is 5.55. The van der Waals surface area contributed by atoms with E-state index in [-0.39, 0.29) is 48.3 Å². The van der Waals surface area contributed by atoms with Crippen LogP contribution in [0, 0.1) is 0 Å². The Morgan fingerprint density at radius 1 is 0.976 bits per heavy atom. The summed E-state index contributed by atoms with van der Waals surface area (Å²) in [7, 11) is -4.09. The minimum atomic E-state index is -4.09.